The first kappa shape index (κ1) is 20.6. The zero-order chi connectivity index (χ0) is 20.8. The van der Waals surface area contributed by atoms with Crippen LogP contribution in [-0.2, 0) is 22.6 Å². The van der Waals surface area contributed by atoms with E-state index >= 15 is 0 Å². The number of hydrogen-bond donors (Lipinski definition) is 3. The maximum absolute atomic E-state index is 13.1. The molecule has 150 valence electrons. The van der Waals surface area contributed by atoms with Crippen molar-refractivity contribution >= 4 is 28.3 Å². The summed E-state index contributed by atoms with van der Waals surface area (Å²) >= 11 is 0. The van der Waals surface area contributed by atoms with Gasteiger partial charge in [0, 0.05) is 18.7 Å². The second kappa shape index (κ2) is 9.34. The fourth-order valence-electron chi connectivity index (χ4n) is 3.53. The van der Waals surface area contributed by atoms with Crippen molar-refractivity contribution in [3.8, 4) is 0 Å². The fourth-order valence-corrected chi connectivity index (χ4v) is 3.53. The molecule has 3 rings (SSSR count). The number of benzene rings is 3. The van der Waals surface area contributed by atoms with E-state index in [4.69, 9.17) is 10.8 Å². The number of amides is 1. The van der Waals surface area contributed by atoms with Crippen LogP contribution in [0.2, 0.25) is 0 Å². The highest BCUT2D eigenvalue weighted by atomic mass is 16.4. The Hall–Kier alpha value is -3.18. The molecule has 5 heteroatoms. The molecule has 1 unspecified atom stereocenters. The number of carboxylic acid groups (broad SMARTS) is 1. The van der Waals surface area contributed by atoms with Crippen molar-refractivity contribution in [2.45, 2.75) is 38.6 Å². The molecule has 0 heterocycles. The van der Waals surface area contributed by atoms with Crippen molar-refractivity contribution in [3.05, 3.63) is 77.4 Å². The molecule has 4 N–H and O–H groups in total. The Morgan fingerprint density at radius 2 is 1.83 bits per heavy atom. The minimum atomic E-state index is -0.821. The third-order valence-electron chi connectivity index (χ3n) is 5.19. The van der Waals surface area contributed by atoms with E-state index in [0.717, 1.165) is 27.5 Å². The number of fused-ring (bicyclic) bond motifs is 1. The number of nitrogens with two attached hydrogens (primary N) is 1. The number of hydrogen-bond acceptors (Lipinski definition) is 3. The van der Waals surface area contributed by atoms with E-state index in [1.807, 2.05) is 67.6 Å². The standard InChI is InChI=1S/C24H26N2O3/c1-16(20-10-4-7-18-6-2-3-9-21(18)20)24(29)26-22-14-17(15-25)12-13-19(22)8-5-11-23(27)28/h2-4,6-7,9-10,12-14,16H,5,8,11,15,25H2,1H3,(H,26,29)(H,27,28). The normalized spacial score (nSPS) is 11.9. The van der Waals surface area contributed by atoms with E-state index in [1.54, 1.807) is 0 Å². The molecule has 1 amide bonds. The van der Waals surface area contributed by atoms with Crippen molar-refractivity contribution in [3.63, 3.8) is 0 Å². The summed E-state index contributed by atoms with van der Waals surface area (Å²) in [5, 5.41) is 14.1. The predicted octanol–water partition coefficient (Wildman–Crippen LogP) is 4.45. The van der Waals surface area contributed by atoms with Crippen LogP contribution in [0.1, 0.15) is 42.4 Å². The number of aryl methyl sites for hydroxylation is 1. The maximum atomic E-state index is 13.1. The number of carboxylic acids is 1. The van der Waals surface area contributed by atoms with Crippen LogP contribution in [0, 0.1) is 0 Å². The van der Waals surface area contributed by atoms with E-state index in [0.29, 0.717) is 25.1 Å². The van der Waals surface area contributed by atoms with Gasteiger partial charge in [0.05, 0.1) is 5.92 Å². The van der Waals surface area contributed by atoms with Gasteiger partial charge in [0.25, 0.3) is 0 Å². The molecule has 0 aliphatic heterocycles. The minimum absolute atomic E-state index is 0.0957. The highest BCUT2D eigenvalue weighted by molar-refractivity contribution is 5.99. The highest BCUT2D eigenvalue weighted by Gasteiger charge is 2.19. The second-order valence-corrected chi connectivity index (χ2v) is 7.22. The van der Waals surface area contributed by atoms with Gasteiger partial charge in [-0.25, -0.2) is 0 Å². The molecule has 0 saturated carbocycles. The molecule has 3 aromatic carbocycles. The largest absolute Gasteiger partial charge is 0.481 e. The summed E-state index contributed by atoms with van der Waals surface area (Å²) in [5.41, 5.74) is 9.28. The van der Waals surface area contributed by atoms with Gasteiger partial charge in [-0.3, -0.25) is 9.59 Å². The van der Waals surface area contributed by atoms with Crippen LogP contribution in [0.4, 0.5) is 5.69 Å². The van der Waals surface area contributed by atoms with E-state index in [2.05, 4.69) is 5.32 Å². The summed E-state index contributed by atoms with van der Waals surface area (Å²) < 4.78 is 0. The lowest BCUT2D eigenvalue weighted by molar-refractivity contribution is -0.137. The molecular formula is C24H26N2O3. The van der Waals surface area contributed by atoms with Crippen LogP contribution in [0.15, 0.2) is 60.7 Å². The van der Waals surface area contributed by atoms with E-state index in [-0.39, 0.29) is 18.2 Å². The summed E-state index contributed by atoms with van der Waals surface area (Å²) in [4.78, 5) is 23.9. The average Bonchev–Trinajstić information content (AvgIpc) is 2.73. The molecule has 0 saturated heterocycles. The van der Waals surface area contributed by atoms with Gasteiger partial charge in [-0.15, -0.1) is 0 Å². The van der Waals surface area contributed by atoms with Gasteiger partial charge in [0.2, 0.25) is 5.91 Å². The zero-order valence-electron chi connectivity index (χ0n) is 16.5. The molecule has 0 fully saturated rings. The molecule has 0 spiro atoms. The Bertz CT molecular complexity index is 1020. The van der Waals surface area contributed by atoms with Gasteiger partial charge < -0.3 is 16.2 Å². The van der Waals surface area contributed by atoms with Gasteiger partial charge >= 0.3 is 5.97 Å². The lowest BCUT2D eigenvalue weighted by atomic mass is 9.94. The van der Waals surface area contributed by atoms with Crippen molar-refractivity contribution < 1.29 is 14.7 Å². The number of aliphatic carboxylic acids is 1. The van der Waals surface area contributed by atoms with Crippen LogP contribution in [0.25, 0.3) is 10.8 Å². The summed E-state index contributed by atoms with van der Waals surface area (Å²) in [6.07, 6.45) is 1.19. The fraction of sp³-hybridized carbons (Fsp3) is 0.250. The van der Waals surface area contributed by atoms with Crippen LogP contribution in [-0.4, -0.2) is 17.0 Å². The first-order chi connectivity index (χ1) is 14.0. The first-order valence-corrected chi connectivity index (χ1v) is 9.81. The number of rotatable bonds is 8. The summed E-state index contributed by atoms with van der Waals surface area (Å²) in [5.74, 6) is -1.26. The topological polar surface area (TPSA) is 92.4 Å². The molecule has 3 aromatic rings. The molecule has 0 aliphatic carbocycles. The SMILES string of the molecule is CC(C(=O)Nc1cc(CN)ccc1CCCC(=O)O)c1cccc2ccccc12. The van der Waals surface area contributed by atoms with Gasteiger partial charge in [-0.1, -0.05) is 54.6 Å². The summed E-state index contributed by atoms with van der Waals surface area (Å²) in [6.45, 7) is 2.27. The number of nitrogens with one attached hydrogen (secondary N) is 1. The lowest BCUT2D eigenvalue weighted by Crippen LogP contribution is -2.20. The van der Waals surface area contributed by atoms with Gasteiger partial charge in [-0.2, -0.15) is 0 Å². The monoisotopic (exact) mass is 390 g/mol. The second-order valence-electron chi connectivity index (χ2n) is 7.22. The number of carbonyl (C=O) groups excluding carboxylic acids is 1. The Kier molecular flexibility index (Phi) is 6.62. The van der Waals surface area contributed by atoms with Crippen molar-refractivity contribution in [2.75, 3.05) is 5.32 Å². The van der Waals surface area contributed by atoms with Crippen LogP contribution in [0.3, 0.4) is 0 Å². The third kappa shape index (κ3) is 5.00. The van der Waals surface area contributed by atoms with Crippen LogP contribution in [0.5, 0.6) is 0 Å². The van der Waals surface area contributed by atoms with Crippen molar-refractivity contribution in [1.29, 1.82) is 0 Å². The minimum Gasteiger partial charge on any atom is -0.481 e. The summed E-state index contributed by atoms with van der Waals surface area (Å²) in [6, 6.07) is 19.7. The van der Waals surface area contributed by atoms with E-state index in [9.17, 15) is 9.59 Å². The van der Waals surface area contributed by atoms with Crippen LogP contribution >= 0.6 is 0 Å². The van der Waals surface area contributed by atoms with E-state index < -0.39 is 5.97 Å². The van der Waals surface area contributed by atoms with Gasteiger partial charge in [-0.05, 0) is 53.3 Å². The number of carbonyl (C=O) groups is 2. The Morgan fingerprint density at radius 1 is 1.07 bits per heavy atom. The van der Waals surface area contributed by atoms with Crippen molar-refractivity contribution in [1.82, 2.24) is 0 Å². The Labute approximate surface area is 170 Å². The zero-order valence-corrected chi connectivity index (χ0v) is 16.5. The highest BCUT2D eigenvalue weighted by Crippen LogP contribution is 2.28. The quantitative estimate of drug-likeness (QED) is 0.530. The molecular weight excluding hydrogens is 364 g/mol. The average molecular weight is 390 g/mol. The smallest absolute Gasteiger partial charge is 0.303 e. The molecule has 29 heavy (non-hydrogen) atoms. The Morgan fingerprint density at radius 3 is 2.59 bits per heavy atom. The molecule has 0 aromatic heterocycles. The van der Waals surface area contributed by atoms with Gasteiger partial charge in [0.1, 0.15) is 0 Å². The lowest BCUT2D eigenvalue weighted by Gasteiger charge is -2.17. The number of anilines is 1. The van der Waals surface area contributed by atoms with Crippen molar-refractivity contribution in [2.24, 2.45) is 5.73 Å². The molecule has 5 nitrogen and oxygen atoms in total. The summed E-state index contributed by atoms with van der Waals surface area (Å²) in [7, 11) is 0. The maximum Gasteiger partial charge on any atom is 0.303 e. The molecule has 0 radical (unpaired) electrons. The Balaban J connectivity index is 1.84. The first-order valence-electron chi connectivity index (χ1n) is 9.81. The van der Waals surface area contributed by atoms with E-state index in [1.165, 1.54) is 0 Å². The van der Waals surface area contributed by atoms with Crippen LogP contribution < -0.4 is 11.1 Å². The predicted molar refractivity (Wildman–Crippen MR) is 116 cm³/mol. The molecule has 0 aliphatic rings. The third-order valence-corrected chi connectivity index (χ3v) is 5.19. The molecule has 1 atom stereocenters. The van der Waals surface area contributed by atoms with Gasteiger partial charge in [0.15, 0.2) is 0 Å². The molecule has 0 bridgehead atoms.